The molecule has 0 radical (unpaired) electrons. The number of furan rings is 1. The molecule has 0 bridgehead atoms. The zero-order chi connectivity index (χ0) is 20.8. The van der Waals surface area contributed by atoms with Gasteiger partial charge in [0.25, 0.3) is 5.91 Å². The normalized spacial score (nSPS) is 10.9. The molecule has 0 aliphatic heterocycles. The van der Waals surface area contributed by atoms with Gasteiger partial charge in [-0.3, -0.25) is 20.4 Å². The number of rotatable bonds is 6. The molecule has 2 heterocycles. The summed E-state index contributed by atoms with van der Waals surface area (Å²) in [5.41, 5.74) is 5.50. The van der Waals surface area contributed by atoms with Gasteiger partial charge in [-0.05, 0) is 42.5 Å². The van der Waals surface area contributed by atoms with E-state index in [9.17, 15) is 9.59 Å². The minimum atomic E-state index is -0.567. The number of hydrazine groups is 1. The number of nitrogens with one attached hydrogen (secondary N) is 2. The largest absolute Gasteiger partial charge is 0.486 e. The van der Waals surface area contributed by atoms with E-state index in [1.54, 1.807) is 12.1 Å². The van der Waals surface area contributed by atoms with Crippen molar-refractivity contribution in [1.29, 1.82) is 0 Å². The predicted molar refractivity (Wildman–Crippen MR) is 114 cm³/mol. The van der Waals surface area contributed by atoms with Gasteiger partial charge in [0.2, 0.25) is 0 Å². The van der Waals surface area contributed by atoms with Gasteiger partial charge in [-0.1, -0.05) is 30.3 Å². The standard InChI is InChI=1S/C22H17N3O4S/c26-20(12-13-21-23-17-8-4-5-9-19(17)30-21)24-25-22(27)18-11-10-16(29-18)14-28-15-6-2-1-3-7-15/h1-13H,14H2,(H,24,26)(H,25,27)/b13-12+. The van der Waals surface area contributed by atoms with Gasteiger partial charge in [0.1, 0.15) is 23.1 Å². The number of hydrogen-bond acceptors (Lipinski definition) is 6. The van der Waals surface area contributed by atoms with Crippen molar-refractivity contribution >= 4 is 39.4 Å². The Hall–Kier alpha value is -3.91. The van der Waals surface area contributed by atoms with Crippen molar-refractivity contribution in [1.82, 2.24) is 15.8 Å². The number of nitrogens with zero attached hydrogens (tertiary/aromatic N) is 1. The Morgan fingerprint density at radius 2 is 1.80 bits per heavy atom. The van der Waals surface area contributed by atoms with Crippen molar-refractivity contribution in [3.05, 3.63) is 89.3 Å². The lowest BCUT2D eigenvalue weighted by Crippen LogP contribution is -2.40. The summed E-state index contributed by atoms with van der Waals surface area (Å²) >= 11 is 1.47. The molecule has 2 amide bonds. The number of carbonyl (C=O) groups excluding carboxylic acids is 2. The minimum Gasteiger partial charge on any atom is -0.486 e. The molecule has 0 unspecified atom stereocenters. The summed E-state index contributed by atoms with van der Waals surface area (Å²) in [5.74, 6) is 0.208. The fraction of sp³-hybridized carbons (Fsp3) is 0.0455. The van der Waals surface area contributed by atoms with E-state index in [-0.39, 0.29) is 12.4 Å². The molecule has 2 aromatic carbocycles. The average molecular weight is 419 g/mol. The molecule has 4 rings (SSSR count). The average Bonchev–Trinajstić information content (AvgIpc) is 3.42. The zero-order valence-electron chi connectivity index (χ0n) is 15.7. The summed E-state index contributed by atoms with van der Waals surface area (Å²) in [4.78, 5) is 28.5. The van der Waals surface area contributed by atoms with Crippen molar-refractivity contribution in [2.24, 2.45) is 0 Å². The topological polar surface area (TPSA) is 93.5 Å². The van der Waals surface area contributed by atoms with Crippen LogP contribution in [0, 0.1) is 0 Å². The maximum atomic E-state index is 12.1. The number of amides is 2. The number of ether oxygens (including phenoxy) is 1. The SMILES string of the molecule is O=C(/C=C/c1nc2ccccc2s1)NNC(=O)c1ccc(COc2ccccc2)o1. The van der Waals surface area contributed by atoms with Gasteiger partial charge in [-0.25, -0.2) is 4.98 Å². The Bertz CT molecular complexity index is 1160. The van der Waals surface area contributed by atoms with Crippen LogP contribution >= 0.6 is 11.3 Å². The number of benzene rings is 2. The van der Waals surface area contributed by atoms with E-state index in [4.69, 9.17) is 9.15 Å². The molecule has 2 aromatic heterocycles. The predicted octanol–water partition coefficient (Wildman–Crippen LogP) is 3.94. The Labute approximate surface area is 176 Å². The lowest BCUT2D eigenvalue weighted by molar-refractivity contribution is -0.117. The molecule has 0 fully saturated rings. The van der Waals surface area contributed by atoms with Gasteiger partial charge in [0.15, 0.2) is 5.76 Å². The third-order valence-electron chi connectivity index (χ3n) is 4.00. The summed E-state index contributed by atoms with van der Waals surface area (Å²) in [5, 5.41) is 0.701. The van der Waals surface area contributed by atoms with Crippen LogP contribution in [0.2, 0.25) is 0 Å². The van der Waals surface area contributed by atoms with Crippen LogP contribution < -0.4 is 15.6 Å². The lowest BCUT2D eigenvalue weighted by atomic mass is 10.3. The van der Waals surface area contributed by atoms with Gasteiger partial charge < -0.3 is 9.15 Å². The lowest BCUT2D eigenvalue weighted by Gasteiger charge is -2.04. The van der Waals surface area contributed by atoms with Gasteiger partial charge in [0, 0.05) is 6.08 Å². The Balaban J connectivity index is 1.26. The number of para-hydroxylation sites is 2. The molecule has 7 nitrogen and oxygen atoms in total. The minimum absolute atomic E-state index is 0.0668. The van der Waals surface area contributed by atoms with Crippen LogP contribution in [0.3, 0.4) is 0 Å². The highest BCUT2D eigenvalue weighted by Gasteiger charge is 2.12. The van der Waals surface area contributed by atoms with Crippen LogP contribution in [-0.4, -0.2) is 16.8 Å². The van der Waals surface area contributed by atoms with E-state index in [2.05, 4.69) is 15.8 Å². The summed E-state index contributed by atoms with van der Waals surface area (Å²) in [7, 11) is 0. The molecular formula is C22H17N3O4S. The molecule has 0 aliphatic carbocycles. The number of aromatic nitrogens is 1. The first kappa shape index (κ1) is 19.4. The first-order valence-electron chi connectivity index (χ1n) is 9.08. The van der Waals surface area contributed by atoms with Crippen LogP contribution in [0.4, 0.5) is 0 Å². The third-order valence-corrected chi connectivity index (χ3v) is 5.00. The first-order valence-corrected chi connectivity index (χ1v) is 9.89. The third kappa shape index (κ3) is 4.92. The van der Waals surface area contributed by atoms with Crippen molar-refractivity contribution in [2.45, 2.75) is 6.61 Å². The highest BCUT2D eigenvalue weighted by Crippen LogP contribution is 2.22. The summed E-state index contributed by atoms with van der Waals surface area (Å²) in [6, 6.07) is 20.2. The van der Waals surface area contributed by atoms with Gasteiger partial charge in [0.05, 0.1) is 10.2 Å². The quantitative estimate of drug-likeness (QED) is 0.365. The number of fused-ring (bicyclic) bond motifs is 1. The molecule has 0 atom stereocenters. The molecular weight excluding hydrogens is 402 g/mol. The van der Waals surface area contributed by atoms with Crippen LogP contribution in [0.1, 0.15) is 21.3 Å². The molecule has 0 aliphatic rings. The molecule has 8 heteroatoms. The van der Waals surface area contributed by atoms with Gasteiger partial charge in [-0.15, -0.1) is 11.3 Å². The monoisotopic (exact) mass is 419 g/mol. The van der Waals surface area contributed by atoms with Crippen molar-refractivity contribution in [3.8, 4) is 5.75 Å². The van der Waals surface area contributed by atoms with E-state index in [1.807, 2.05) is 54.6 Å². The van der Waals surface area contributed by atoms with E-state index in [0.29, 0.717) is 16.5 Å². The highest BCUT2D eigenvalue weighted by atomic mass is 32.1. The maximum Gasteiger partial charge on any atom is 0.305 e. The highest BCUT2D eigenvalue weighted by molar-refractivity contribution is 7.19. The van der Waals surface area contributed by atoms with E-state index >= 15 is 0 Å². The Morgan fingerprint density at radius 1 is 1.00 bits per heavy atom. The fourth-order valence-electron chi connectivity index (χ4n) is 2.58. The maximum absolute atomic E-state index is 12.1. The van der Waals surface area contributed by atoms with Crippen LogP contribution in [0.15, 0.2) is 77.2 Å². The summed E-state index contributed by atoms with van der Waals surface area (Å²) in [6.45, 7) is 0.189. The van der Waals surface area contributed by atoms with Gasteiger partial charge in [-0.2, -0.15) is 0 Å². The summed E-state index contributed by atoms with van der Waals surface area (Å²) in [6.07, 6.45) is 2.90. The molecule has 150 valence electrons. The molecule has 0 spiro atoms. The molecule has 30 heavy (non-hydrogen) atoms. The van der Waals surface area contributed by atoms with E-state index in [1.165, 1.54) is 23.5 Å². The molecule has 0 saturated heterocycles. The van der Waals surface area contributed by atoms with Crippen LogP contribution in [0.25, 0.3) is 16.3 Å². The van der Waals surface area contributed by atoms with Crippen molar-refractivity contribution in [3.63, 3.8) is 0 Å². The zero-order valence-corrected chi connectivity index (χ0v) is 16.5. The smallest absolute Gasteiger partial charge is 0.305 e. The second-order valence-electron chi connectivity index (χ2n) is 6.16. The molecule has 0 saturated carbocycles. The first-order chi connectivity index (χ1) is 14.7. The Kier molecular flexibility index (Phi) is 5.86. The number of carbonyl (C=O) groups is 2. The van der Waals surface area contributed by atoms with Crippen molar-refractivity contribution in [2.75, 3.05) is 0 Å². The van der Waals surface area contributed by atoms with Crippen molar-refractivity contribution < 1.29 is 18.7 Å². The van der Waals surface area contributed by atoms with E-state index < -0.39 is 11.8 Å². The number of thiazole rings is 1. The number of hydrogen-bond donors (Lipinski definition) is 2. The van der Waals surface area contributed by atoms with Crippen LogP contribution in [0.5, 0.6) is 5.75 Å². The summed E-state index contributed by atoms with van der Waals surface area (Å²) < 4.78 is 12.1. The Morgan fingerprint density at radius 3 is 2.63 bits per heavy atom. The van der Waals surface area contributed by atoms with E-state index in [0.717, 1.165) is 10.2 Å². The molecule has 4 aromatic rings. The second-order valence-corrected chi connectivity index (χ2v) is 7.23. The van der Waals surface area contributed by atoms with Crippen LogP contribution in [-0.2, 0) is 11.4 Å². The second kappa shape index (κ2) is 9.06. The molecule has 2 N–H and O–H groups in total. The fourth-order valence-corrected chi connectivity index (χ4v) is 3.45. The van der Waals surface area contributed by atoms with Gasteiger partial charge >= 0.3 is 5.91 Å².